The lowest BCUT2D eigenvalue weighted by Crippen LogP contribution is -2.22. The van der Waals surface area contributed by atoms with Crippen LogP contribution in [0.15, 0.2) is 41.0 Å². The van der Waals surface area contributed by atoms with Gasteiger partial charge >= 0.3 is 6.18 Å². The van der Waals surface area contributed by atoms with Crippen molar-refractivity contribution in [3.05, 3.63) is 46.6 Å². The highest BCUT2D eigenvalue weighted by Crippen LogP contribution is 2.39. The van der Waals surface area contributed by atoms with E-state index in [1.165, 1.54) is 12.1 Å². The lowest BCUT2D eigenvalue weighted by molar-refractivity contribution is -0.136. The van der Waals surface area contributed by atoms with Gasteiger partial charge in [-0.25, -0.2) is 0 Å². The monoisotopic (exact) mass is 417 g/mol. The van der Waals surface area contributed by atoms with Crippen LogP contribution in [0.2, 0.25) is 0 Å². The van der Waals surface area contributed by atoms with Gasteiger partial charge in [-0.15, -0.1) is 0 Å². The molecule has 160 valence electrons. The number of carbonyl (C=O) groups excluding carboxylic acids is 1. The van der Waals surface area contributed by atoms with Crippen molar-refractivity contribution in [2.24, 2.45) is 0 Å². The van der Waals surface area contributed by atoms with Crippen LogP contribution in [0.4, 0.5) is 24.5 Å². The lowest BCUT2D eigenvalue weighted by atomic mass is 9.98. The zero-order valence-electron chi connectivity index (χ0n) is 16.9. The van der Waals surface area contributed by atoms with Gasteiger partial charge in [0.15, 0.2) is 0 Å². The standard InChI is InChI=1S/C23H26F3N3O/c24-23(25,26)19-11-10-16(29-12-3-4-13-29)14-20(19)28-22(30)18-9-5-8-17(18)21(27)15-6-1-2-7-15/h6,10-11,14,27H,1-5,7-9,12-13H2,(H,28,30). The largest absolute Gasteiger partial charge is 0.418 e. The Balaban J connectivity index is 1.63. The molecule has 1 aromatic carbocycles. The number of benzene rings is 1. The Hall–Kier alpha value is -2.57. The van der Waals surface area contributed by atoms with Crippen molar-refractivity contribution >= 4 is 23.0 Å². The van der Waals surface area contributed by atoms with E-state index in [2.05, 4.69) is 5.32 Å². The third kappa shape index (κ3) is 4.16. The highest BCUT2D eigenvalue weighted by molar-refractivity contribution is 6.17. The molecular formula is C23H26F3N3O. The van der Waals surface area contributed by atoms with Crippen LogP contribution in [0, 0.1) is 5.41 Å². The molecule has 1 heterocycles. The molecule has 0 unspecified atom stereocenters. The SMILES string of the molecule is N=C(C1=CCCC1)C1=C(C(=O)Nc2cc(N3CCCC3)ccc2C(F)(F)F)CCC1. The summed E-state index contributed by atoms with van der Waals surface area (Å²) in [6.07, 6.45) is 4.12. The van der Waals surface area contributed by atoms with Crippen LogP contribution in [0.25, 0.3) is 0 Å². The van der Waals surface area contributed by atoms with E-state index in [0.717, 1.165) is 63.3 Å². The molecule has 0 saturated carbocycles. The predicted octanol–water partition coefficient (Wildman–Crippen LogP) is 5.85. The van der Waals surface area contributed by atoms with Gasteiger partial charge in [-0.2, -0.15) is 13.2 Å². The highest BCUT2D eigenvalue weighted by atomic mass is 19.4. The first-order valence-electron chi connectivity index (χ1n) is 10.6. The number of nitrogens with one attached hydrogen (secondary N) is 2. The minimum Gasteiger partial charge on any atom is -0.371 e. The minimum atomic E-state index is -4.56. The number of hydrogen-bond acceptors (Lipinski definition) is 3. The van der Waals surface area contributed by atoms with Crippen molar-refractivity contribution < 1.29 is 18.0 Å². The number of amides is 1. The summed E-state index contributed by atoms with van der Waals surface area (Å²) in [6, 6.07) is 3.97. The average molecular weight is 417 g/mol. The molecule has 1 aliphatic heterocycles. The molecule has 3 aliphatic rings. The number of allylic oxidation sites excluding steroid dienone is 3. The summed E-state index contributed by atoms with van der Waals surface area (Å²) in [6.45, 7) is 1.61. The van der Waals surface area contributed by atoms with Gasteiger partial charge in [0.1, 0.15) is 0 Å². The van der Waals surface area contributed by atoms with E-state index in [1.54, 1.807) is 0 Å². The van der Waals surface area contributed by atoms with Crippen molar-refractivity contribution in [1.82, 2.24) is 0 Å². The van der Waals surface area contributed by atoms with Crippen LogP contribution in [-0.2, 0) is 11.0 Å². The van der Waals surface area contributed by atoms with Crippen LogP contribution in [0.1, 0.15) is 56.9 Å². The zero-order chi connectivity index (χ0) is 21.3. The number of halogens is 3. The summed E-state index contributed by atoms with van der Waals surface area (Å²) < 4.78 is 40.7. The molecule has 1 saturated heterocycles. The quantitative estimate of drug-likeness (QED) is 0.590. The van der Waals surface area contributed by atoms with E-state index in [-0.39, 0.29) is 5.69 Å². The molecule has 2 aliphatic carbocycles. The molecule has 0 spiro atoms. The maximum absolute atomic E-state index is 13.6. The first-order valence-corrected chi connectivity index (χ1v) is 10.6. The van der Waals surface area contributed by atoms with Crippen molar-refractivity contribution in [2.45, 2.75) is 57.5 Å². The first-order chi connectivity index (χ1) is 14.3. The number of alkyl halides is 3. The second kappa shape index (κ2) is 8.28. The van der Waals surface area contributed by atoms with Crippen LogP contribution >= 0.6 is 0 Å². The van der Waals surface area contributed by atoms with Crippen molar-refractivity contribution in [3.8, 4) is 0 Å². The van der Waals surface area contributed by atoms with Crippen molar-refractivity contribution in [2.75, 3.05) is 23.3 Å². The number of carbonyl (C=O) groups is 1. The van der Waals surface area contributed by atoms with Gasteiger partial charge in [0.25, 0.3) is 5.91 Å². The fourth-order valence-electron chi connectivity index (χ4n) is 4.61. The van der Waals surface area contributed by atoms with Crippen LogP contribution in [-0.4, -0.2) is 24.7 Å². The average Bonchev–Trinajstić information content (AvgIpc) is 3.49. The van der Waals surface area contributed by atoms with Gasteiger partial charge in [-0.3, -0.25) is 4.79 Å². The number of rotatable bonds is 5. The highest BCUT2D eigenvalue weighted by Gasteiger charge is 2.35. The minimum absolute atomic E-state index is 0.206. The Morgan fingerprint density at radius 1 is 1.00 bits per heavy atom. The van der Waals surface area contributed by atoms with Crippen LogP contribution in [0.5, 0.6) is 0 Å². The van der Waals surface area contributed by atoms with E-state index >= 15 is 0 Å². The second-order valence-electron chi connectivity index (χ2n) is 8.18. The summed E-state index contributed by atoms with van der Waals surface area (Å²) in [7, 11) is 0. The Labute approximate surface area is 174 Å². The van der Waals surface area contributed by atoms with Gasteiger partial charge in [0.05, 0.1) is 17.0 Å². The molecule has 30 heavy (non-hydrogen) atoms. The summed E-state index contributed by atoms with van der Waals surface area (Å²) in [5.41, 5.74) is 2.12. The molecule has 4 rings (SSSR count). The maximum Gasteiger partial charge on any atom is 0.418 e. The van der Waals surface area contributed by atoms with E-state index in [1.807, 2.05) is 11.0 Å². The first kappa shape index (κ1) is 20.7. The van der Waals surface area contributed by atoms with E-state index in [4.69, 9.17) is 5.41 Å². The molecule has 0 atom stereocenters. The lowest BCUT2D eigenvalue weighted by Gasteiger charge is -2.21. The fraction of sp³-hybridized carbons (Fsp3) is 0.478. The predicted molar refractivity (Wildman–Crippen MR) is 112 cm³/mol. The molecule has 1 amide bonds. The van der Waals surface area contributed by atoms with Crippen molar-refractivity contribution in [3.63, 3.8) is 0 Å². The number of hydrogen-bond donors (Lipinski definition) is 2. The van der Waals surface area contributed by atoms with E-state index in [9.17, 15) is 18.0 Å². The smallest absolute Gasteiger partial charge is 0.371 e. The topological polar surface area (TPSA) is 56.2 Å². The molecule has 7 heteroatoms. The van der Waals surface area contributed by atoms with E-state index < -0.39 is 17.6 Å². The van der Waals surface area contributed by atoms with E-state index in [0.29, 0.717) is 35.4 Å². The van der Waals surface area contributed by atoms with Gasteiger partial charge < -0.3 is 15.6 Å². The molecule has 1 fully saturated rings. The number of anilines is 2. The Bertz CT molecular complexity index is 924. The van der Waals surface area contributed by atoms with Crippen molar-refractivity contribution in [1.29, 1.82) is 5.41 Å². The molecule has 1 aromatic rings. The number of nitrogens with zero attached hydrogens (tertiary/aromatic N) is 1. The normalized spacial score (nSPS) is 19.4. The summed E-state index contributed by atoms with van der Waals surface area (Å²) >= 11 is 0. The zero-order valence-corrected chi connectivity index (χ0v) is 16.9. The molecule has 0 bridgehead atoms. The second-order valence-corrected chi connectivity index (χ2v) is 8.18. The van der Waals surface area contributed by atoms with Gasteiger partial charge in [0.2, 0.25) is 0 Å². The van der Waals surface area contributed by atoms with Crippen LogP contribution < -0.4 is 10.2 Å². The van der Waals surface area contributed by atoms with Gasteiger partial charge in [-0.05, 0) is 80.7 Å². The summed E-state index contributed by atoms with van der Waals surface area (Å²) in [5.74, 6) is -0.519. The van der Waals surface area contributed by atoms with Crippen LogP contribution in [0.3, 0.4) is 0 Å². The van der Waals surface area contributed by atoms with Gasteiger partial charge in [-0.1, -0.05) is 6.08 Å². The Morgan fingerprint density at radius 3 is 2.40 bits per heavy atom. The molecule has 2 N–H and O–H groups in total. The molecular weight excluding hydrogens is 391 g/mol. The third-order valence-electron chi connectivity index (χ3n) is 6.18. The summed E-state index contributed by atoms with van der Waals surface area (Å²) in [5, 5.41) is 11.0. The Kier molecular flexibility index (Phi) is 5.71. The Morgan fingerprint density at radius 2 is 1.73 bits per heavy atom. The maximum atomic E-state index is 13.6. The summed E-state index contributed by atoms with van der Waals surface area (Å²) in [4.78, 5) is 15.0. The molecule has 0 radical (unpaired) electrons. The third-order valence-corrected chi connectivity index (χ3v) is 6.18. The molecule has 0 aromatic heterocycles. The van der Waals surface area contributed by atoms with Gasteiger partial charge in [0, 0.05) is 24.4 Å². The molecule has 4 nitrogen and oxygen atoms in total. The fourth-order valence-corrected chi connectivity index (χ4v) is 4.61.